The van der Waals surface area contributed by atoms with Crippen LogP contribution >= 0.6 is 11.8 Å². The van der Waals surface area contributed by atoms with Gasteiger partial charge in [-0.05, 0) is 31.0 Å². The Hall–Kier alpha value is -3.14. The van der Waals surface area contributed by atoms with E-state index in [4.69, 9.17) is 4.74 Å². The van der Waals surface area contributed by atoms with Crippen molar-refractivity contribution in [3.63, 3.8) is 0 Å². The van der Waals surface area contributed by atoms with Crippen LogP contribution in [0.4, 0.5) is 5.69 Å². The van der Waals surface area contributed by atoms with Crippen molar-refractivity contribution in [2.24, 2.45) is 5.41 Å². The van der Waals surface area contributed by atoms with Gasteiger partial charge in [0.2, 0.25) is 11.8 Å². The third-order valence-corrected chi connectivity index (χ3v) is 7.78. The van der Waals surface area contributed by atoms with Gasteiger partial charge >= 0.3 is 5.97 Å². The smallest absolute Gasteiger partial charge is 0.314 e. The number of β-lactam (4-membered cyclic amide) rings is 1. The van der Waals surface area contributed by atoms with Gasteiger partial charge in [0.1, 0.15) is 18.0 Å². The van der Waals surface area contributed by atoms with Crippen LogP contribution in [0.5, 0.6) is 0 Å². The molecule has 0 radical (unpaired) electrons. The zero-order valence-electron chi connectivity index (χ0n) is 18.4. The first-order chi connectivity index (χ1) is 15.7. The van der Waals surface area contributed by atoms with Crippen LogP contribution in [-0.4, -0.2) is 56.2 Å². The predicted octanol–water partition coefficient (Wildman–Crippen LogP) is 3.01. The summed E-state index contributed by atoms with van der Waals surface area (Å²) in [6.45, 7) is 3.47. The van der Waals surface area contributed by atoms with Gasteiger partial charge in [0.15, 0.2) is 0 Å². The Morgan fingerprint density at radius 3 is 2.64 bits per heavy atom. The van der Waals surface area contributed by atoms with Crippen LogP contribution in [0.15, 0.2) is 48.2 Å². The number of nitro benzene ring substituents is 1. The predicted molar refractivity (Wildman–Crippen MR) is 122 cm³/mol. The summed E-state index contributed by atoms with van der Waals surface area (Å²) in [4.78, 5) is 51.8. The van der Waals surface area contributed by atoms with Gasteiger partial charge in [-0.3, -0.25) is 24.5 Å². The average molecular weight is 472 g/mol. The Morgan fingerprint density at radius 2 is 2.03 bits per heavy atom. The number of nitro groups is 1. The zero-order chi connectivity index (χ0) is 23.8. The molecule has 0 N–H and O–H groups in total. The number of amides is 2. The molecule has 3 aliphatic rings. The van der Waals surface area contributed by atoms with Crippen molar-refractivity contribution < 1.29 is 24.0 Å². The van der Waals surface area contributed by atoms with E-state index in [1.54, 1.807) is 28.9 Å². The molecule has 0 aromatic heterocycles. The van der Waals surface area contributed by atoms with Crippen LogP contribution in [0.25, 0.3) is 0 Å². The topological polar surface area (TPSA) is 110 Å². The van der Waals surface area contributed by atoms with Gasteiger partial charge in [-0.15, -0.1) is 11.8 Å². The molecule has 0 spiro atoms. The molecular formula is C23H25N3O6S. The lowest BCUT2D eigenvalue weighted by Gasteiger charge is -2.56. The number of allylic oxidation sites excluding steroid dienone is 3. The van der Waals surface area contributed by atoms with E-state index in [2.05, 4.69) is 0 Å². The summed E-state index contributed by atoms with van der Waals surface area (Å²) in [5.74, 6) is -0.285. The van der Waals surface area contributed by atoms with Gasteiger partial charge in [-0.25, -0.2) is 0 Å². The summed E-state index contributed by atoms with van der Waals surface area (Å²) in [6, 6.07) is 5.28. The number of rotatable bonds is 6. The maximum Gasteiger partial charge on any atom is 0.314 e. The van der Waals surface area contributed by atoms with Crippen LogP contribution in [0.2, 0.25) is 0 Å². The number of carbonyl (C=O) groups is 3. The minimum atomic E-state index is -0.879. The van der Waals surface area contributed by atoms with E-state index in [-0.39, 0.29) is 36.0 Å². The minimum Gasteiger partial charge on any atom is -0.460 e. The quantitative estimate of drug-likeness (QED) is 0.206. The third-order valence-electron chi connectivity index (χ3n) is 6.13. The Morgan fingerprint density at radius 1 is 1.30 bits per heavy atom. The average Bonchev–Trinajstić information content (AvgIpc) is 2.81. The number of nitrogens with zero attached hydrogens (tertiary/aromatic N) is 3. The van der Waals surface area contributed by atoms with Gasteiger partial charge in [0.05, 0.1) is 10.3 Å². The fraction of sp³-hybridized carbons (Fsp3) is 0.435. The number of non-ortho nitro benzene ring substituents is 1. The molecular weight excluding hydrogens is 446 g/mol. The highest BCUT2D eigenvalue weighted by Crippen LogP contribution is 2.45. The van der Waals surface area contributed by atoms with Crippen molar-refractivity contribution in [2.45, 2.75) is 44.7 Å². The van der Waals surface area contributed by atoms with E-state index in [9.17, 15) is 24.5 Å². The van der Waals surface area contributed by atoms with Crippen molar-refractivity contribution in [1.82, 2.24) is 9.80 Å². The van der Waals surface area contributed by atoms with Gasteiger partial charge in [-0.2, -0.15) is 0 Å². The van der Waals surface area contributed by atoms with Crippen molar-refractivity contribution >= 4 is 35.2 Å². The molecule has 174 valence electrons. The Kier molecular flexibility index (Phi) is 6.29. The second-order valence-corrected chi connectivity index (χ2v) is 9.77. The molecule has 1 aromatic rings. The zero-order valence-corrected chi connectivity index (χ0v) is 19.2. The van der Waals surface area contributed by atoms with Crippen LogP contribution in [0, 0.1) is 15.5 Å². The Balaban J connectivity index is 1.38. The largest absolute Gasteiger partial charge is 0.460 e. The maximum absolute atomic E-state index is 13.0. The molecule has 2 amide bonds. The van der Waals surface area contributed by atoms with Crippen LogP contribution < -0.4 is 0 Å². The maximum atomic E-state index is 13.0. The number of hydrogen-bond acceptors (Lipinski definition) is 7. The first-order valence-electron chi connectivity index (χ1n) is 10.7. The number of carbonyl (C=O) groups excluding carboxylic acids is 3. The van der Waals surface area contributed by atoms with Crippen LogP contribution in [0.3, 0.4) is 0 Å². The lowest BCUT2D eigenvalue weighted by atomic mass is 9.89. The van der Waals surface area contributed by atoms with Gasteiger partial charge in [0, 0.05) is 43.5 Å². The van der Waals surface area contributed by atoms with Crippen molar-refractivity contribution in [3.05, 3.63) is 63.9 Å². The van der Waals surface area contributed by atoms with Crippen molar-refractivity contribution in [1.29, 1.82) is 0 Å². The van der Waals surface area contributed by atoms with Gasteiger partial charge < -0.3 is 14.5 Å². The SMILES string of the molecule is CC(=O)N(C1=CCC=CC1)C1C(=O)N2CC(C)(C(=O)OCc3ccc([N+](=O)[O-])cc3)CS[C@H]12. The molecule has 4 rings (SSSR count). The molecule has 0 bridgehead atoms. The third kappa shape index (κ3) is 4.39. The van der Waals surface area contributed by atoms with Gasteiger partial charge in [-0.1, -0.05) is 18.2 Å². The molecule has 2 fully saturated rings. The first-order valence-corrected chi connectivity index (χ1v) is 11.7. The second-order valence-electron chi connectivity index (χ2n) is 8.67. The summed E-state index contributed by atoms with van der Waals surface area (Å²) in [5.41, 5.74) is 0.582. The summed E-state index contributed by atoms with van der Waals surface area (Å²) >= 11 is 1.49. The summed E-state index contributed by atoms with van der Waals surface area (Å²) < 4.78 is 5.48. The van der Waals surface area contributed by atoms with E-state index in [1.807, 2.05) is 18.2 Å². The minimum absolute atomic E-state index is 0.00310. The van der Waals surface area contributed by atoms with Crippen molar-refractivity contribution in [3.8, 4) is 0 Å². The lowest BCUT2D eigenvalue weighted by Crippen LogP contribution is -2.73. The molecule has 3 atom stereocenters. The number of fused-ring (bicyclic) bond motifs is 1. The Bertz CT molecular complexity index is 1050. The molecule has 1 aliphatic carbocycles. The first kappa shape index (κ1) is 23.0. The normalized spacial score (nSPS) is 26.1. The number of ether oxygens (including phenoxy) is 1. The molecule has 2 saturated heterocycles. The van der Waals surface area contributed by atoms with Gasteiger partial charge in [0.25, 0.3) is 5.69 Å². The van der Waals surface area contributed by atoms with E-state index >= 15 is 0 Å². The molecule has 2 aliphatic heterocycles. The highest BCUT2D eigenvalue weighted by atomic mass is 32.2. The number of benzene rings is 1. The van der Waals surface area contributed by atoms with Crippen molar-refractivity contribution in [2.75, 3.05) is 12.3 Å². The monoisotopic (exact) mass is 471 g/mol. The molecule has 2 unspecified atom stereocenters. The molecule has 0 saturated carbocycles. The highest BCUT2D eigenvalue weighted by molar-refractivity contribution is 8.00. The summed E-state index contributed by atoms with van der Waals surface area (Å²) in [6.07, 6.45) is 7.36. The van der Waals surface area contributed by atoms with Crippen LogP contribution in [-0.2, 0) is 25.7 Å². The summed E-state index contributed by atoms with van der Waals surface area (Å²) in [7, 11) is 0. The molecule has 1 aromatic carbocycles. The molecule has 33 heavy (non-hydrogen) atoms. The highest BCUT2D eigenvalue weighted by Gasteiger charge is 2.58. The molecule has 2 heterocycles. The second kappa shape index (κ2) is 9.01. The fourth-order valence-electron chi connectivity index (χ4n) is 4.31. The van der Waals surface area contributed by atoms with E-state index in [0.717, 1.165) is 12.1 Å². The van der Waals surface area contributed by atoms with E-state index < -0.39 is 22.3 Å². The number of thioether (sulfide) groups is 1. The summed E-state index contributed by atoms with van der Waals surface area (Å²) in [5, 5.41) is 10.6. The number of esters is 1. The number of hydrogen-bond donors (Lipinski definition) is 0. The van der Waals surface area contributed by atoms with E-state index in [1.165, 1.54) is 30.8 Å². The standard InChI is InChI=1S/C23H25N3O6S/c1-15(27)25(17-6-4-3-5-7-17)19-20(28)24-13-23(2,14-33-21(19)24)22(29)32-12-16-8-10-18(11-9-16)26(30)31/h3-4,7-11,19,21H,5-6,12-14H2,1-2H3/t19?,21-,23?/m1/s1. The molecule has 9 nitrogen and oxygen atoms in total. The Labute approximate surface area is 195 Å². The fourth-order valence-corrected chi connectivity index (χ4v) is 5.83. The van der Waals surface area contributed by atoms with Crippen LogP contribution in [0.1, 0.15) is 32.3 Å². The van der Waals surface area contributed by atoms with E-state index in [0.29, 0.717) is 17.7 Å². The molecule has 10 heteroatoms. The lowest BCUT2D eigenvalue weighted by molar-refractivity contribution is -0.384.